The van der Waals surface area contributed by atoms with Crippen molar-refractivity contribution in [1.82, 2.24) is 15.5 Å². The van der Waals surface area contributed by atoms with Gasteiger partial charge in [0.1, 0.15) is 12.3 Å². The summed E-state index contributed by atoms with van der Waals surface area (Å²) >= 11 is 0. The molecule has 0 radical (unpaired) electrons. The summed E-state index contributed by atoms with van der Waals surface area (Å²) < 4.78 is 34.9. The average molecular weight is 440 g/mol. The minimum atomic E-state index is -3.25. The maximum Gasteiger partial charge on any atom is 0.318 e. The number of hydrogen-bond acceptors (Lipinski definition) is 4. The predicted octanol–water partition coefficient (Wildman–Crippen LogP) is 2.54. The molecule has 3 amide bonds. The molecular weight excluding hydrogens is 408 g/mol. The summed E-state index contributed by atoms with van der Waals surface area (Å²) in [4.78, 5) is 38.4. The second kappa shape index (κ2) is 11.2. The monoisotopic (exact) mass is 439 g/mol. The van der Waals surface area contributed by atoms with Crippen LogP contribution in [0.4, 0.5) is 13.6 Å². The Morgan fingerprint density at radius 3 is 2.45 bits per heavy atom. The third-order valence-corrected chi connectivity index (χ3v) is 5.16. The quantitative estimate of drug-likeness (QED) is 0.549. The molecule has 1 saturated heterocycles. The van der Waals surface area contributed by atoms with Gasteiger partial charge in [0, 0.05) is 25.9 Å². The Labute approximate surface area is 181 Å². The average Bonchev–Trinajstić information content (AvgIpc) is 2.74. The van der Waals surface area contributed by atoms with Crippen LogP contribution in [-0.4, -0.2) is 66.9 Å². The number of aldehydes is 1. The molecule has 0 aliphatic carbocycles. The van der Waals surface area contributed by atoms with E-state index in [2.05, 4.69) is 10.6 Å². The number of benzene rings is 1. The Bertz CT molecular complexity index is 742. The number of ether oxygens (including phenoxy) is 1. The fourth-order valence-electron chi connectivity index (χ4n) is 3.52. The molecule has 31 heavy (non-hydrogen) atoms. The molecule has 7 nitrogen and oxygen atoms in total. The number of hydrogen-bond donors (Lipinski definition) is 2. The van der Waals surface area contributed by atoms with E-state index in [0.29, 0.717) is 51.0 Å². The lowest BCUT2D eigenvalue weighted by molar-refractivity contribution is -0.130. The van der Waals surface area contributed by atoms with Crippen molar-refractivity contribution in [3.05, 3.63) is 35.9 Å². The fraction of sp³-hybridized carbons (Fsp3) is 0.591. The third-order valence-electron chi connectivity index (χ3n) is 5.16. The number of halogens is 2. The van der Waals surface area contributed by atoms with E-state index in [4.69, 9.17) is 4.74 Å². The second-order valence-electron chi connectivity index (χ2n) is 8.10. The first-order chi connectivity index (χ1) is 14.7. The Balaban J connectivity index is 2.16. The molecule has 1 aliphatic heterocycles. The van der Waals surface area contributed by atoms with Gasteiger partial charge >= 0.3 is 6.03 Å². The molecule has 2 N–H and O–H groups in total. The number of rotatable bonds is 10. The van der Waals surface area contributed by atoms with Crippen LogP contribution < -0.4 is 10.6 Å². The first-order valence-corrected chi connectivity index (χ1v) is 10.5. The third kappa shape index (κ3) is 7.90. The molecule has 1 aromatic rings. The maximum atomic E-state index is 14.8. The first kappa shape index (κ1) is 24.7. The van der Waals surface area contributed by atoms with Crippen molar-refractivity contribution in [2.75, 3.05) is 26.3 Å². The number of carbonyl (C=O) groups excluding carboxylic acids is 3. The number of carbonyl (C=O) groups is 3. The Morgan fingerprint density at radius 2 is 1.87 bits per heavy atom. The van der Waals surface area contributed by atoms with E-state index in [1.54, 1.807) is 30.3 Å². The highest BCUT2D eigenvalue weighted by molar-refractivity contribution is 5.89. The summed E-state index contributed by atoms with van der Waals surface area (Å²) in [5, 5.41) is 4.98. The van der Waals surface area contributed by atoms with Crippen LogP contribution in [0, 0.1) is 0 Å². The largest absolute Gasteiger partial charge is 0.378 e. The van der Waals surface area contributed by atoms with Gasteiger partial charge < -0.3 is 25.1 Å². The lowest BCUT2D eigenvalue weighted by Gasteiger charge is -2.32. The Morgan fingerprint density at radius 1 is 1.23 bits per heavy atom. The van der Waals surface area contributed by atoms with E-state index in [1.807, 2.05) is 6.92 Å². The van der Waals surface area contributed by atoms with Crippen LogP contribution in [0.1, 0.15) is 38.7 Å². The van der Waals surface area contributed by atoms with Crippen LogP contribution in [-0.2, 0) is 20.7 Å². The molecule has 1 fully saturated rings. The molecule has 0 saturated carbocycles. The topological polar surface area (TPSA) is 87.7 Å². The smallest absolute Gasteiger partial charge is 0.318 e. The van der Waals surface area contributed by atoms with E-state index < -0.39 is 42.3 Å². The number of morpholine rings is 1. The molecule has 1 aliphatic rings. The van der Waals surface area contributed by atoms with Crippen molar-refractivity contribution in [3.63, 3.8) is 0 Å². The highest BCUT2D eigenvalue weighted by atomic mass is 19.3. The minimum absolute atomic E-state index is 0.308. The fourth-order valence-corrected chi connectivity index (χ4v) is 3.52. The normalized spacial score (nSPS) is 17.4. The second-order valence-corrected chi connectivity index (χ2v) is 8.10. The molecule has 172 valence electrons. The number of alkyl halides is 2. The van der Waals surface area contributed by atoms with Gasteiger partial charge in [-0.15, -0.1) is 0 Å². The Kier molecular flexibility index (Phi) is 8.91. The molecule has 9 heteroatoms. The standard InChI is InChI=1S/C22H31F2N3O4/c1-3-9-21(2,16-28)26-19(29)18(25-20(30)27-10-12-31-13-11-27)15-22(23,24)14-17-7-5-4-6-8-17/h4-8,16,18H,3,9-15H2,1-2H3,(H,25,30)(H,26,29)/t18-,21-/m0/s1. The van der Waals surface area contributed by atoms with Gasteiger partial charge in [-0.05, 0) is 18.9 Å². The maximum absolute atomic E-state index is 14.8. The van der Waals surface area contributed by atoms with Gasteiger partial charge in [0.2, 0.25) is 5.91 Å². The van der Waals surface area contributed by atoms with E-state index in [9.17, 15) is 23.2 Å². The van der Waals surface area contributed by atoms with Crippen molar-refractivity contribution in [1.29, 1.82) is 0 Å². The van der Waals surface area contributed by atoms with Crippen molar-refractivity contribution in [2.24, 2.45) is 0 Å². The molecular formula is C22H31F2N3O4. The van der Waals surface area contributed by atoms with Crippen LogP contribution in [0.25, 0.3) is 0 Å². The van der Waals surface area contributed by atoms with Gasteiger partial charge in [-0.3, -0.25) is 4.79 Å². The van der Waals surface area contributed by atoms with E-state index >= 15 is 0 Å². The zero-order valence-electron chi connectivity index (χ0n) is 18.0. The zero-order valence-corrected chi connectivity index (χ0v) is 18.0. The molecule has 0 aromatic heterocycles. The summed E-state index contributed by atoms with van der Waals surface area (Å²) in [7, 11) is 0. The first-order valence-electron chi connectivity index (χ1n) is 10.5. The van der Waals surface area contributed by atoms with Gasteiger partial charge in [0.15, 0.2) is 0 Å². The van der Waals surface area contributed by atoms with E-state index in [1.165, 1.54) is 11.8 Å². The van der Waals surface area contributed by atoms with Gasteiger partial charge in [-0.1, -0.05) is 43.7 Å². The summed E-state index contributed by atoms with van der Waals surface area (Å²) in [6.07, 6.45) is 0.116. The highest BCUT2D eigenvalue weighted by Crippen LogP contribution is 2.26. The Hall–Kier alpha value is -2.55. The van der Waals surface area contributed by atoms with Crippen LogP contribution in [0.5, 0.6) is 0 Å². The van der Waals surface area contributed by atoms with Crippen LogP contribution in [0.2, 0.25) is 0 Å². The number of amides is 3. The SMILES string of the molecule is CCC[C@@](C)(C=O)NC(=O)[C@H](CC(F)(F)Cc1ccccc1)NC(=O)N1CCOCC1. The molecule has 0 bridgehead atoms. The summed E-state index contributed by atoms with van der Waals surface area (Å²) in [6.45, 7) is 4.68. The zero-order chi connectivity index (χ0) is 22.9. The van der Waals surface area contributed by atoms with Crippen molar-refractivity contribution in [3.8, 4) is 0 Å². The summed E-state index contributed by atoms with van der Waals surface area (Å²) in [6, 6.07) is 6.12. The number of nitrogens with zero attached hydrogens (tertiary/aromatic N) is 1. The molecule has 0 spiro atoms. The predicted molar refractivity (Wildman–Crippen MR) is 112 cm³/mol. The van der Waals surface area contributed by atoms with Gasteiger partial charge in [-0.25, -0.2) is 13.6 Å². The molecule has 2 atom stereocenters. The summed E-state index contributed by atoms with van der Waals surface area (Å²) in [5.74, 6) is -4.05. The molecule has 0 unspecified atom stereocenters. The van der Waals surface area contributed by atoms with Crippen LogP contribution >= 0.6 is 0 Å². The molecule has 2 rings (SSSR count). The van der Waals surface area contributed by atoms with Crippen molar-refractivity contribution >= 4 is 18.2 Å². The molecule has 1 aromatic carbocycles. The van der Waals surface area contributed by atoms with Crippen molar-refractivity contribution in [2.45, 2.75) is 57.0 Å². The van der Waals surface area contributed by atoms with Crippen LogP contribution in [0.3, 0.4) is 0 Å². The van der Waals surface area contributed by atoms with Gasteiger partial charge in [0.25, 0.3) is 5.92 Å². The lowest BCUT2D eigenvalue weighted by Crippen LogP contribution is -2.58. The van der Waals surface area contributed by atoms with E-state index in [0.717, 1.165) is 0 Å². The van der Waals surface area contributed by atoms with E-state index in [-0.39, 0.29) is 0 Å². The highest BCUT2D eigenvalue weighted by Gasteiger charge is 2.39. The summed E-state index contributed by atoms with van der Waals surface area (Å²) in [5.41, 5.74) is -0.766. The number of nitrogens with one attached hydrogen (secondary N) is 2. The van der Waals surface area contributed by atoms with Gasteiger partial charge in [0.05, 0.1) is 18.8 Å². The minimum Gasteiger partial charge on any atom is -0.378 e. The van der Waals surface area contributed by atoms with Crippen molar-refractivity contribution < 1.29 is 27.9 Å². The molecule has 1 heterocycles. The number of urea groups is 1. The van der Waals surface area contributed by atoms with Crippen LogP contribution in [0.15, 0.2) is 30.3 Å². The lowest BCUT2D eigenvalue weighted by atomic mass is 9.96. The van der Waals surface area contributed by atoms with Gasteiger partial charge in [-0.2, -0.15) is 0 Å².